The summed E-state index contributed by atoms with van der Waals surface area (Å²) >= 11 is 0. The van der Waals surface area contributed by atoms with E-state index in [-0.39, 0.29) is 0 Å². The van der Waals surface area contributed by atoms with E-state index >= 15 is 0 Å². The third kappa shape index (κ3) is 2.68. The molecule has 17 heavy (non-hydrogen) atoms. The Morgan fingerprint density at radius 2 is 2.12 bits per heavy atom. The SMILES string of the molecule is CCOc1ncnc(NCC2(CC)CC2)c1C. The molecule has 1 aromatic heterocycles. The molecule has 4 nitrogen and oxygen atoms in total. The predicted molar refractivity (Wildman–Crippen MR) is 68.4 cm³/mol. The van der Waals surface area contributed by atoms with Crippen LogP contribution < -0.4 is 10.1 Å². The molecule has 0 spiro atoms. The normalized spacial score (nSPS) is 16.6. The Labute approximate surface area is 103 Å². The van der Waals surface area contributed by atoms with Crippen LogP contribution in [-0.2, 0) is 0 Å². The minimum Gasteiger partial charge on any atom is -0.478 e. The number of nitrogens with zero attached hydrogens (tertiary/aromatic N) is 2. The van der Waals surface area contributed by atoms with Crippen LogP contribution in [0.2, 0.25) is 0 Å². The zero-order valence-electron chi connectivity index (χ0n) is 10.9. The van der Waals surface area contributed by atoms with E-state index in [1.165, 1.54) is 19.3 Å². The van der Waals surface area contributed by atoms with Crippen LogP contribution in [0.3, 0.4) is 0 Å². The van der Waals surface area contributed by atoms with Gasteiger partial charge in [0.05, 0.1) is 12.2 Å². The van der Waals surface area contributed by atoms with E-state index < -0.39 is 0 Å². The van der Waals surface area contributed by atoms with Crippen molar-refractivity contribution in [1.82, 2.24) is 9.97 Å². The average molecular weight is 235 g/mol. The molecule has 0 radical (unpaired) electrons. The van der Waals surface area contributed by atoms with Gasteiger partial charge >= 0.3 is 0 Å². The summed E-state index contributed by atoms with van der Waals surface area (Å²) in [5, 5.41) is 3.43. The van der Waals surface area contributed by atoms with E-state index in [4.69, 9.17) is 4.74 Å². The maximum atomic E-state index is 5.46. The average Bonchev–Trinajstić information content (AvgIpc) is 3.11. The molecule has 2 rings (SSSR count). The van der Waals surface area contributed by atoms with Gasteiger partial charge in [0, 0.05) is 6.54 Å². The molecular weight excluding hydrogens is 214 g/mol. The van der Waals surface area contributed by atoms with Crippen LogP contribution in [0.4, 0.5) is 5.82 Å². The predicted octanol–water partition coefficient (Wildman–Crippen LogP) is 2.79. The van der Waals surface area contributed by atoms with Crippen molar-refractivity contribution in [3.05, 3.63) is 11.9 Å². The Morgan fingerprint density at radius 1 is 1.35 bits per heavy atom. The van der Waals surface area contributed by atoms with Gasteiger partial charge in [-0.2, -0.15) is 0 Å². The first-order chi connectivity index (χ1) is 8.21. The van der Waals surface area contributed by atoms with E-state index in [0.717, 1.165) is 17.9 Å². The molecule has 0 aliphatic heterocycles. The van der Waals surface area contributed by atoms with Crippen molar-refractivity contribution in [1.29, 1.82) is 0 Å². The highest BCUT2D eigenvalue weighted by atomic mass is 16.5. The number of rotatable bonds is 6. The van der Waals surface area contributed by atoms with E-state index in [0.29, 0.717) is 17.9 Å². The summed E-state index contributed by atoms with van der Waals surface area (Å²) in [4.78, 5) is 8.42. The molecule has 0 aromatic carbocycles. The number of aromatic nitrogens is 2. The van der Waals surface area contributed by atoms with Gasteiger partial charge in [0.2, 0.25) is 5.88 Å². The lowest BCUT2D eigenvalue weighted by atomic mass is 10.0. The molecule has 1 heterocycles. The summed E-state index contributed by atoms with van der Waals surface area (Å²) < 4.78 is 5.46. The topological polar surface area (TPSA) is 47.0 Å². The lowest BCUT2D eigenvalue weighted by Crippen LogP contribution is -2.16. The highest BCUT2D eigenvalue weighted by Crippen LogP contribution is 2.48. The fraction of sp³-hybridized carbons (Fsp3) is 0.692. The van der Waals surface area contributed by atoms with Gasteiger partial charge in [-0.25, -0.2) is 9.97 Å². The van der Waals surface area contributed by atoms with Gasteiger partial charge in [-0.3, -0.25) is 0 Å². The minimum atomic E-state index is 0.517. The summed E-state index contributed by atoms with van der Waals surface area (Å²) in [5.74, 6) is 1.59. The second-order valence-corrected chi connectivity index (χ2v) is 4.79. The molecule has 0 unspecified atom stereocenters. The zero-order chi connectivity index (χ0) is 12.3. The molecular formula is C13H21N3O. The van der Waals surface area contributed by atoms with Crippen molar-refractivity contribution < 1.29 is 4.74 Å². The summed E-state index contributed by atoms with van der Waals surface area (Å²) in [6, 6.07) is 0. The van der Waals surface area contributed by atoms with Crippen LogP contribution in [0.5, 0.6) is 5.88 Å². The smallest absolute Gasteiger partial charge is 0.221 e. The molecule has 4 heteroatoms. The molecule has 0 bridgehead atoms. The van der Waals surface area contributed by atoms with Gasteiger partial charge in [-0.05, 0) is 38.5 Å². The van der Waals surface area contributed by atoms with Crippen LogP contribution in [0.25, 0.3) is 0 Å². The van der Waals surface area contributed by atoms with Gasteiger partial charge in [0.25, 0.3) is 0 Å². The summed E-state index contributed by atoms with van der Waals surface area (Å²) in [6.45, 7) is 7.86. The zero-order valence-corrected chi connectivity index (χ0v) is 10.9. The molecule has 94 valence electrons. The standard InChI is InChI=1S/C13H21N3O/c1-4-13(6-7-13)8-14-11-10(3)12(17-5-2)16-9-15-11/h9H,4-8H2,1-3H3,(H,14,15,16). The van der Waals surface area contributed by atoms with E-state index in [2.05, 4.69) is 22.2 Å². The highest BCUT2D eigenvalue weighted by Gasteiger charge is 2.40. The summed E-state index contributed by atoms with van der Waals surface area (Å²) in [6.07, 6.45) is 5.46. The first kappa shape index (κ1) is 12.1. The number of ether oxygens (including phenoxy) is 1. The lowest BCUT2D eigenvalue weighted by Gasteiger charge is -2.16. The Hall–Kier alpha value is -1.32. The van der Waals surface area contributed by atoms with Crippen LogP contribution >= 0.6 is 0 Å². The van der Waals surface area contributed by atoms with Crippen molar-refractivity contribution in [2.45, 2.75) is 40.0 Å². The quantitative estimate of drug-likeness (QED) is 0.823. The fourth-order valence-corrected chi connectivity index (χ4v) is 2.00. The molecule has 1 aromatic rings. The summed E-state index contributed by atoms with van der Waals surface area (Å²) in [5.41, 5.74) is 1.52. The van der Waals surface area contributed by atoms with Gasteiger partial charge in [0.1, 0.15) is 12.1 Å². The largest absolute Gasteiger partial charge is 0.478 e. The molecule has 0 atom stereocenters. The van der Waals surface area contributed by atoms with Crippen LogP contribution in [0.1, 0.15) is 38.7 Å². The maximum Gasteiger partial charge on any atom is 0.221 e. The van der Waals surface area contributed by atoms with Gasteiger partial charge in [-0.1, -0.05) is 6.92 Å². The monoisotopic (exact) mass is 235 g/mol. The molecule has 1 aliphatic rings. The molecule has 0 saturated heterocycles. The Bertz CT molecular complexity index is 388. The molecule has 1 fully saturated rings. The van der Waals surface area contributed by atoms with Crippen molar-refractivity contribution in [3.63, 3.8) is 0 Å². The van der Waals surface area contributed by atoms with Crippen LogP contribution in [-0.4, -0.2) is 23.1 Å². The number of hydrogen-bond acceptors (Lipinski definition) is 4. The third-order valence-electron chi connectivity index (χ3n) is 3.66. The minimum absolute atomic E-state index is 0.517. The summed E-state index contributed by atoms with van der Waals surface area (Å²) in [7, 11) is 0. The molecule has 1 saturated carbocycles. The lowest BCUT2D eigenvalue weighted by molar-refractivity contribution is 0.323. The number of nitrogens with one attached hydrogen (secondary N) is 1. The molecule has 1 aliphatic carbocycles. The highest BCUT2D eigenvalue weighted by molar-refractivity contribution is 5.47. The maximum absolute atomic E-state index is 5.46. The van der Waals surface area contributed by atoms with Crippen LogP contribution in [0.15, 0.2) is 6.33 Å². The molecule has 1 N–H and O–H groups in total. The van der Waals surface area contributed by atoms with Gasteiger partial charge in [-0.15, -0.1) is 0 Å². The first-order valence-corrected chi connectivity index (χ1v) is 6.39. The Balaban J connectivity index is 2.03. The van der Waals surface area contributed by atoms with Gasteiger partial charge < -0.3 is 10.1 Å². The molecule has 0 amide bonds. The van der Waals surface area contributed by atoms with E-state index in [1.54, 1.807) is 6.33 Å². The number of anilines is 1. The Kier molecular flexibility index (Phi) is 3.50. The second kappa shape index (κ2) is 4.90. The number of hydrogen-bond donors (Lipinski definition) is 1. The first-order valence-electron chi connectivity index (χ1n) is 6.39. The van der Waals surface area contributed by atoms with Crippen molar-refractivity contribution >= 4 is 5.82 Å². The fourth-order valence-electron chi connectivity index (χ4n) is 2.00. The van der Waals surface area contributed by atoms with Crippen molar-refractivity contribution in [2.24, 2.45) is 5.41 Å². The van der Waals surface area contributed by atoms with E-state index in [9.17, 15) is 0 Å². The van der Waals surface area contributed by atoms with Gasteiger partial charge in [0.15, 0.2) is 0 Å². The van der Waals surface area contributed by atoms with Crippen LogP contribution in [0, 0.1) is 12.3 Å². The van der Waals surface area contributed by atoms with E-state index in [1.807, 2.05) is 13.8 Å². The Morgan fingerprint density at radius 3 is 2.71 bits per heavy atom. The van der Waals surface area contributed by atoms with Crippen molar-refractivity contribution in [3.8, 4) is 5.88 Å². The second-order valence-electron chi connectivity index (χ2n) is 4.79. The third-order valence-corrected chi connectivity index (χ3v) is 3.66. The van der Waals surface area contributed by atoms with Crippen molar-refractivity contribution in [2.75, 3.05) is 18.5 Å².